The summed E-state index contributed by atoms with van der Waals surface area (Å²) in [5.41, 5.74) is 9.66. The highest BCUT2D eigenvalue weighted by Gasteiger charge is 2.50. The molecule has 67 heavy (non-hydrogen) atoms. The van der Waals surface area contributed by atoms with E-state index < -0.39 is 23.5 Å². The summed E-state index contributed by atoms with van der Waals surface area (Å²) in [6, 6.07) is 8.54. The van der Waals surface area contributed by atoms with Crippen LogP contribution in [-0.2, 0) is 48.0 Å². The van der Waals surface area contributed by atoms with Crippen molar-refractivity contribution in [3.63, 3.8) is 0 Å². The Hall–Kier alpha value is -4.74. The van der Waals surface area contributed by atoms with Gasteiger partial charge in [0.2, 0.25) is 11.8 Å². The maximum absolute atomic E-state index is 15.0. The van der Waals surface area contributed by atoms with Crippen molar-refractivity contribution in [1.29, 1.82) is 0 Å². The first-order valence-electron chi connectivity index (χ1n) is 24.7. The minimum Gasteiger partial charge on any atom is -0.464 e. The standard InChI is InChI=1S/C51H67N9O6S/c1-6-59-41-16-15-33-23-35(41)36(45(59)34-13-9-19-52-43(34)31(2)65-5)25-50(3,4)30-66-49(64)37-14-10-20-60(56-37)48(63)38(24-42-54-40(33)27-67-42)55-46(61)44(32-11-7-8-12-32)57-21-17-51(28-57)18-22-58(29-51)47(62)39-26-53-39/h9,13,15-16,19,23,27,31-32,37-39,44,53,56H,6-8,10-12,14,17-18,20-22,24-26,28-30H2,1-5H3,(H,55,61)/t31-,37-,38-,39+,44?,51-/m0/s1. The first kappa shape index (κ1) is 46.0. The molecule has 10 rings (SSSR count). The molecule has 4 aromatic rings. The Balaban J connectivity index is 0.993. The molecule has 3 aromatic heterocycles. The molecule has 15 nitrogen and oxygen atoms in total. The predicted molar refractivity (Wildman–Crippen MR) is 257 cm³/mol. The maximum Gasteiger partial charge on any atom is 0.324 e. The average Bonchev–Trinajstić information content (AvgIpc) is 3.79. The molecule has 6 bridgehead atoms. The number of aryl methyl sites for hydroxylation is 1. The summed E-state index contributed by atoms with van der Waals surface area (Å²) in [7, 11) is 1.70. The van der Waals surface area contributed by atoms with Crippen LogP contribution in [0.15, 0.2) is 41.9 Å². The number of hydrazine groups is 1. The van der Waals surface area contributed by atoms with Crippen molar-refractivity contribution in [2.45, 2.75) is 129 Å². The number of pyridine rings is 1. The van der Waals surface area contributed by atoms with Crippen molar-refractivity contribution in [2.75, 3.05) is 53.0 Å². The monoisotopic (exact) mass is 933 g/mol. The number of fused-ring (bicyclic) bond motifs is 6. The second-order valence-electron chi connectivity index (χ2n) is 21.0. The molecule has 6 aliphatic rings. The lowest BCUT2D eigenvalue weighted by Crippen LogP contribution is -2.62. The molecule has 16 heteroatoms. The van der Waals surface area contributed by atoms with Crippen LogP contribution in [0.4, 0.5) is 0 Å². The molecule has 358 valence electrons. The van der Waals surface area contributed by atoms with Crippen LogP contribution >= 0.6 is 11.3 Å². The first-order chi connectivity index (χ1) is 32.3. The summed E-state index contributed by atoms with van der Waals surface area (Å²) in [6.07, 6.45) is 9.49. The zero-order chi connectivity index (χ0) is 46.6. The summed E-state index contributed by atoms with van der Waals surface area (Å²) in [6.45, 7) is 13.5. The molecular formula is C51H67N9O6S. The highest BCUT2D eigenvalue weighted by atomic mass is 32.1. The topological polar surface area (TPSA) is 173 Å². The van der Waals surface area contributed by atoms with E-state index in [1.54, 1.807) is 7.11 Å². The highest BCUT2D eigenvalue weighted by molar-refractivity contribution is 7.10. The molecule has 3 amide bonds. The number of hydrogen-bond acceptors (Lipinski definition) is 12. The van der Waals surface area contributed by atoms with Gasteiger partial charge in [-0.05, 0) is 101 Å². The number of hydrogen-bond donors (Lipinski definition) is 3. The van der Waals surface area contributed by atoms with Gasteiger partial charge in [-0.25, -0.2) is 10.4 Å². The van der Waals surface area contributed by atoms with Crippen molar-refractivity contribution < 1.29 is 28.7 Å². The predicted octanol–water partition coefficient (Wildman–Crippen LogP) is 5.66. The smallest absolute Gasteiger partial charge is 0.324 e. The van der Waals surface area contributed by atoms with Crippen molar-refractivity contribution in [1.82, 2.24) is 45.4 Å². The number of methoxy groups -OCH3 is 1. The lowest BCUT2D eigenvalue weighted by molar-refractivity contribution is -0.155. The van der Waals surface area contributed by atoms with Gasteiger partial charge in [-0.2, -0.15) is 0 Å². The minimum absolute atomic E-state index is 0.0278. The SMILES string of the molecule is CCn1c(-c2cccnc2[C@H](C)OC)c2c3cc(ccc31)-c1csc(n1)C[C@H](NC(=O)C(C1CCCC1)N1CC[C@]3(CCN(C(=O)[C@H]4CN4)C3)C1)C(=O)N1CCC[C@H](N1)C(=O)OCC(C)(C)C2. The van der Waals surface area contributed by atoms with Gasteiger partial charge in [0.1, 0.15) is 12.1 Å². The number of amides is 3. The Morgan fingerprint density at radius 1 is 1.06 bits per heavy atom. The van der Waals surface area contributed by atoms with Crippen molar-refractivity contribution in [3.05, 3.63) is 58.2 Å². The number of aromatic nitrogens is 3. The largest absolute Gasteiger partial charge is 0.464 e. The fourth-order valence-electron chi connectivity index (χ4n) is 11.9. The van der Waals surface area contributed by atoms with E-state index in [0.29, 0.717) is 25.8 Å². The molecule has 1 spiro atoms. The summed E-state index contributed by atoms with van der Waals surface area (Å²) in [5, 5.41) is 11.9. The van der Waals surface area contributed by atoms with E-state index in [4.69, 9.17) is 19.4 Å². The van der Waals surface area contributed by atoms with Gasteiger partial charge in [-0.15, -0.1) is 11.3 Å². The number of carbonyl (C=O) groups excluding carboxylic acids is 4. The quantitative estimate of drug-likeness (QED) is 0.140. The molecule has 5 aliphatic heterocycles. The molecule has 6 atom stereocenters. The van der Waals surface area contributed by atoms with Gasteiger partial charge in [-0.3, -0.25) is 34.1 Å². The van der Waals surface area contributed by atoms with Crippen LogP contribution in [0.3, 0.4) is 0 Å². The molecule has 1 unspecified atom stereocenters. The lowest BCUT2D eigenvalue weighted by Gasteiger charge is -2.37. The normalized spacial score (nSPS) is 26.8. The number of nitrogens with zero attached hydrogens (tertiary/aromatic N) is 6. The molecule has 3 N–H and O–H groups in total. The van der Waals surface area contributed by atoms with Crippen molar-refractivity contribution in [2.24, 2.45) is 16.7 Å². The van der Waals surface area contributed by atoms with Crippen LogP contribution in [0.25, 0.3) is 33.4 Å². The van der Waals surface area contributed by atoms with Gasteiger partial charge >= 0.3 is 5.97 Å². The van der Waals surface area contributed by atoms with E-state index in [-0.39, 0.29) is 60.3 Å². The number of ether oxygens (including phenoxy) is 2. The molecular weight excluding hydrogens is 867 g/mol. The number of thiazole rings is 1. The lowest BCUT2D eigenvalue weighted by atomic mass is 9.84. The minimum atomic E-state index is -0.920. The van der Waals surface area contributed by atoms with Gasteiger partial charge in [0.25, 0.3) is 5.91 Å². The van der Waals surface area contributed by atoms with Crippen molar-refractivity contribution >= 4 is 45.9 Å². The van der Waals surface area contributed by atoms with E-state index in [2.05, 4.69) is 75.9 Å². The number of cyclic esters (lactones) is 1. The van der Waals surface area contributed by atoms with Crippen LogP contribution in [0, 0.1) is 16.7 Å². The van der Waals surface area contributed by atoms with E-state index in [1.807, 2.05) is 24.1 Å². The maximum atomic E-state index is 15.0. The van der Waals surface area contributed by atoms with Gasteiger partial charge in [0.15, 0.2) is 0 Å². The number of esters is 1. The molecule has 1 aliphatic carbocycles. The fourth-order valence-corrected chi connectivity index (χ4v) is 12.7. The molecule has 5 fully saturated rings. The highest BCUT2D eigenvalue weighted by Crippen LogP contribution is 2.44. The van der Waals surface area contributed by atoms with Crippen LogP contribution in [0.5, 0.6) is 0 Å². The van der Waals surface area contributed by atoms with E-state index in [0.717, 1.165) is 127 Å². The second-order valence-corrected chi connectivity index (χ2v) is 21.9. The summed E-state index contributed by atoms with van der Waals surface area (Å²) >= 11 is 1.49. The Bertz CT molecular complexity index is 2530. The third-order valence-electron chi connectivity index (χ3n) is 15.6. The molecule has 0 radical (unpaired) electrons. The summed E-state index contributed by atoms with van der Waals surface area (Å²) < 4.78 is 14.4. The van der Waals surface area contributed by atoms with E-state index >= 15 is 0 Å². The summed E-state index contributed by atoms with van der Waals surface area (Å²) in [4.78, 5) is 71.3. The Morgan fingerprint density at radius 3 is 2.64 bits per heavy atom. The third-order valence-corrected chi connectivity index (χ3v) is 16.5. The van der Waals surface area contributed by atoms with Gasteiger partial charge in [0.05, 0.1) is 46.9 Å². The average molecular weight is 934 g/mol. The first-order valence-corrected chi connectivity index (χ1v) is 25.6. The molecule has 1 aromatic carbocycles. The number of nitrogens with one attached hydrogen (secondary N) is 3. The van der Waals surface area contributed by atoms with Crippen LogP contribution < -0.4 is 16.1 Å². The van der Waals surface area contributed by atoms with Crippen molar-refractivity contribution in [3.8, 4) is 22.5 Å². The number of likely N-dealkylation sites (tertiary alicyclic amines) is 2. The Morgan fingerprint density at radius 2 is 1.87 bits per heavy atom. The van der Waals surface area contributed by atoms with Gasteiger partial charge < -0.3 is 29.6 Å². The van der Waals surface area contributed by atoms with Crippen LogP contribution in [0.1, 0.15) is 101 Å². The molecule has 4 saturated heterocycles. The number of benzene rings is 1. The van der Waals surface area contributed by atoms with E-state index in [1.165, 1.54) is 16.3 Å². The Labute approximate surface area is 397 Å². The van der Waals surface area contributed by atoms with E-state index in [9.17, 15) is 19.2 Å². The zero-order valence-corrected chi connectivity index (χ0v) is 40.6. The van der Waals surface area contributed by atoms with Crippen LogP contribution in [-0.4, -0.2) is 130 Å². The third kappa shape index (κ3) is 9.16. The second kappa shape index (κ2) is 18.6. The van der Waals surface area contributed by atoms with Gasteiger partial charge in [0, 0.05) is 97.2 Å². The molecule has 8 heterocycles. The fraction of sp³-hybridized carbons (Fsp3) is 0.608. The van der Waals surface area contributed by atoms with Gasteiger partial charge in [-0.1, -0.05) is 32.8 Å². The zero-order valence-electron chi connectivity index (χ0n) is 39.8. The summed E-state index contributed by atoms with van der Waals surface area (Å²) in [5.74, 6) is -0.441. The molecule has 1 saturated carbocycles. The van der Waals surface area contributed by atoms with Crippen LogP contribution in [0.2, 0.25) is 0 Å². The number of carbonyl (C=O) groups is 4. The Kier molecular flexibility index (Phi) is 12.8. The number of rotatable bonds is 9.